The van der Waals surface area contributed by atoms with E-state index in [9.17, 15) is 6.85 Å². The summed E-state index contributed by atoms with van der Waals surface area (Å²) in [6, 6.07) is 2.76. The standard InChI is InChI=1S/C42H26O/c1-2-10-27(11-3-1)28-18-20-30(21-19-28)40-34-14-6-8-16-36(34)41(37-17-9-7-15-35(37)40)31-23-24-33-38-25-22-29-12-4-5-13-32(29)42(38)43-39(33)26-31/h1-26H/i1D,2D,3D,4D,5D,10D,11D,12D,13D,18D,19D,20D,21D,22D,23D,24D,25D,26D. The first-order chi connectivity index (χ1) is 28.8. The highest BCUT2D eigenvalue weighted by Gasteiger charge is 2.18. The summed E-state index contributed by atoms with van der Waals surface area (Å²) < 4.78 is 164. The second-order valence-electron chi connectivity index (χ2n) is 9.85. The lowest BCUT2D eigenvalue weighted by Crippen LogP contribution is -1.91. The molecule has 1 heteroatoms. The van der Waals surface area contributed by atoms with Crippen LogP contribution in [0.2, 0.25) is 0 Å². The van der Waals surface area contributed by atoms with Crippen LogP contribution in [-0.2, 0) is 0 Å². The van der Waals surface area contributed by atoms with Crippen molar-refractivity contribution in [2.45, 2.75) is 0 Å². The van der Waals surface area contributed by atoms with Crippen molar-refractivity contribution in [1.29, 1.82) is 0 Å². The molecule has 0 spiro atoms. The Morgan fingerprint density at radius 3 is 1.63 bits per heavy atom. The van der Waals surface area contributed by atoms with Gasteiger partial charge in [-0.25, -0.2) is 0 Å². The number of hydrogen-bond acceptors (Lipinski definition) is 1. The van der Waals surface area contributed by atoms with Crippen molar-refractivity contribution in [2.24, 2.45) is 0 Å². The van der Waals surface area contributed by atoms with Crippen molar-refractivity contribution in [3.8, 4) is 33.4 Å². The summed E-state index contributed by atoms with van der Waals surface area (Å²) in [5, 5.41) is 0.667. The maximum atomic E-state index is 9.59. The van der Waals surface area contributed by atoms with Crippen LogP contribution in [0.1, 0.15) is 24.7 Å². The first kappa shape index (κ1) is 12.3. The molecule has 0 bridgehead atoms. The molecule has 0 saturated carbocycles. The van der Waals surface area contributed by atoms with E-state index in [-0.39, 0.29) is 55.0 Å². The van der Waals surface area contributed by atoms with Crippen LogP contribution in [0.4, 0.5) is 0 Å². The zero-order valence-electron chi connectivity index (χ0n) is 40.0. The highest BCUT2D eigenvalue weighted by molar-refractivity contribution is 6.22. The average molecular weight is 565 g/mol. The Morgan fingerprint density at radius 1 is 0.395 bits per heavy atom. The van der Waals surface area contributed by atoms with Crippen LogP contribution in [0.5, 0.6) is 0 Å². The number of benzene rings is 8. The molecule has 8 aromatic carbocycles. The predicted molar refractivity (Wildman–Crippen MR) is 183 cm³/mol. The molecule has 1 nitrogen and oxygen atoms in total. The maximum Gasteiger partial charge on any atom is 0.143 e. The van der Waals surface area contributed by atoms with Gasteiger partial charge in [-0.1, -0.05) is 139 Å². The largest absolute Gasteiger partial charge is 0.455 e. The molecule has 0 amide bonds. The quantitative estimate of drug-likeness (QED) is 0.195. The molecular weight excluding hydrogens is 520 g/mol. The summed E-state index contributed by atoms with van der Waals surface area (Å²) in [4.78, 5) is 0. The molecule has 0 saturated heterocycles. The Labute approximate surface area is 274 Å². The molecule has 0 aliphatic heterocycles. The molecule has 0 fully saturated rings. The van der Waals surface area contributed by atoms with Crippen LogP contribution in [0.15, 0.2) is 162 Å². The van der Waals surface area contributed by atoms with Crippen molar-refractivity contribution in [3.63, 3.8) is 0 Å². The minimum atomic E-state index is -0.703. The summed E-state index contributed by atoms with van der Waals surface area (Å²) in [5.41, 5.74) is -1.21. The van der Waals surface area contributed by atoms with Gasteiger partial charge in [0.15, 0.2) is 0 Å². The summed E-state index contributed by atoms with van der Waals surface area (Å²) in [6.45, 7) is 0. The van der Waals surface area contributed by atoms with E-state index < -0.39 is 120 Å². The molecule has 0 radical (unpaired) electrons. The fraction of sp³-hybridized carbons (Fsp3) is 0. The fourth-order valence-electron chi connectivity index (χ4n) is 5.63. The summed E-state index contributed by atoms with van der Waals surface area (Å²) in [5.74, 6) is 0. The van der Waals surface area contributed by atoms with E-state index in [1.165, 1.54) is 0 Å². The molecule has 0 aliphatic rings. The second-order valence-corrected chi connectivity index (χ2v) is 9.85. The summed E-state index contributed by atoms with van der Waals surface area (Å²) >= 11 is 0. The number of rotatable bonds is 3. The number of furan rings is 1. The molecule has 0 atom stereocenters. The SMILES string of the molecule is [2H]c1c([2H])c([2H])c(-c2c([2H])c([2H])c(-c3c4ccccc4c(-c4c([2H])c([2H])c5c(oc6c7c([2H])c([2H])c([2H])c([2H])c7c([2H])c([2H])c65)c4[2H])c4ccccc34)c([2H])c2[2H])c([2H])c1[2H]. The third-order valence-corrected chi connectivity index (χ3v) is 7.49. The second kappa shape index (κ2) is 9.44. The van der Waals surface area contributed by atoms with Gasteiger partial charge in [-0.3, -0.25) is 0 Å². The Hall–Kier alpha value is -5.66. The highest BCUT2D eigenvalue weighted by Crippen LogP contribution is 2.45. The van der Waals surface area contributed by atoms with Gasteiger partial charge < -0.3 is 4.42 Å². The first-order valence-corrected chi connectivity index (χ1v) is 13.3. The van der Waals surface area contributed by atoms with Crippen molar-refractivity contribution >= 4 is 54.3 Å². The Balaban J connectivity index is 1.40. The van der Waals surface area contributed by atoms with Gasteiger partial charge in [0, 0.05) is 16.2 Å². The Kier molecular flexibility index (Phi) is 2.70. The highest BCUT2D eigenvalue weighted by atomic mass is 16.3. The molecule has 1 aromatic heterocycles. The molecule has 200 valence electrons. The summed E-state index contributed by atoms with van der Waals surface area (Å²) in [6.07, 6.45) is 0. The van der Waals surface area contributed by atoms with Gasteiger partial charge in [-0.2, -0.15) is 0 Å². The Morgan fingerprint density at radius 2 is 0.930 bits per heavy atom. The van der Waals surface area contributed by atoms with Gasteiger partial charge in [-0.05, 0) is 78.4 Å². The predicted octanol–water partition coefficient (Wildman–Crippen LogP) is 12.0. The van der Waals surface area contributed by atoms with Crippen LogP contribution in [-0.4, -0.2) is 0 Å². The van der Waals surface area contributed by atoms with Crippen LogP contribution < -0.4 is 0 Å². The van der Waals surface area contributed by atoms with Gasteiger partial charge in [0.1, 0.15) is 11.2 Å². The molecular formula is C42H26O. The minimum absolute atomic E-state index is 0.0876. The molecule has 0 aliphatic carbocycles. The molecule has 0 N–H and O–H groups in total. The van der Waals surface area contributed by atoms with Crippen LogP contribution in [0, 0.1) is 0 Å². The van der Waals surface area contributed by atoms with Gasteiger partial charge in [0.2, 0.25) is 0 Å². The van der Waals surface area contributed by atoms with Gasteiger partial charge in [0.25, 0.3) is 0 Å². The van der Waals surface area contributed by atoms with E-state index in [0.29, 0.717) is 21.5 Å². The van der Waals surface area contributed by atoms with Gasteiger partial charge >= 0.3 is 0 Å². The Bertz CT molecular complexity index is 3400. The lowest BCUT2D eigenvalue weighted by atomic mass is 9.85. The topological polar surface area (TPSA) is 13.1 Å². The summed E-state index contributed by atoms with van der Waals surface area (Å²) in [7, 11) is 0. The van der Waals surface area contributed by atoms with Crippen molar-refractivity contribution < 1.29 is 29.1 Å². The third-order valence-electron chi connectivity index (χ3n) is 7.49. The van der Waals surface area contributed by atoms with Crippen LogP contribution in [0.25, 0.3) is 87.6 Å². The van der Waals surface area contributed by atoms with Crippen LogP contribution >= 0.6 is 0 Å². The average Bonchev–Trinajstić information content (AvgIpc) is 3.66. The van der Waals surface area contributed by atoms with Crippen molar-refractivity contribution in [2.75, 3.05) is 0 Å². The molecule has 0 unspecified atom stereocenters. The number of hydrogen-bond donors (Lipinski definition) is 0. The monoisotopic (exact) mass is 564 g/mol. The van der Waals surface area contributed by atoms with E-state index in [2.05, 4.69) is 0 Å². The zero-order chi connectivity index (χ0) is 44.0. The lowest BCUT2D eigenvalue weighted by Gasteiger charge is -2.18. The lowest BCUT2D eigenvalue weighted by molar-refractivity contribution is 0.673. The van der Waals surface area contributed by atoms with E-state index in [1.54, 1.807) is 48.5 Å². The fourth-order valence-corrected chi connectivity index (χ4v) is 5.63. The normalized spacial score (nSPS) is 17.6. The van der Waals surface area contributed by atoms with Crippen LogP contribution in [0.3, 0.4) is 0 Å². The molecule has 43 heavy (non-hydrogen) atoms. The van der Waals surface area contributed by atoms with E-state index in [1.807, 2.05) is 0 Å². The van der Waals surface area contributed by atoms with Crippen molar-refractivity contribution in [3.05, 3.63) is 157 Å². The third kappa shape index (κ3) is 3.72. The van der Waals surface area contributed by atoms with E-state index >= 15 is 0 Å². The smallest absolute Gasteiger partial charge is 0.143 e. The van der Waals surface area contributed by atoms with Crippen molar-refractivity contribution in [1.82, 2.24) is 0 Å². The van der Waals surface area contributed by atoms with Gasteiger partial charge in [0.05, 0.1) is 24.7 Å². The maximum absolute atomic E-state index is 9.59. The number of fused-ring (bicyclic) bond motifs is 7. The minimum Gasteiger partial charge on any atom is -0.455 e. The van der Waals surface area contributed by atoms with E-state index in [0.717, 1.165) is 0 Å². The van der Waals surface area contributed by atoms with Gasteiger partial charge in [-0.15, -0.1) is 0 Å². The molecule has 9 aromatic rings. The molecule has 1 heterocycles. The first-order valence-electron chi connectivity index (χ1n) is 22.3. The molecule has 9 rings (SSSR count). The van der Waals surface area contributed by atoms with E-state index in [4.69, 9.17) is 22.2 Å². The zero-order valence-corrected chi connectivity index (χ0v) is 22.0.